The molecule has 0 spiro atoms. The number of carbonyl (C=O) groups excluding carboxylic acids is 2. The molecular weight excluding hydrogens is 228 g/mol. The first-order valence-electron chi connectivity index (χ1n) is 6.51. The van der Waals surface area contributed by atoms with E-state index in [-0.39, 0.29) is 17.7 Å². The number of rotatable bonds is 7. The first-order valence-corrected chi connectivity index (χ1v) is 6.51. The number of nitrogens with zero attached hydrogens (tertiary/aromatic N) is 1. The fourth-order valence-corrected chi connectivity index (χ4v) is 1.74. The van der Waals surface area contributed by atoms with Gasteiger partial charge >= 0.3 is 0 Å². The van der Waals surface area contributed by atoms with Crippen LogP contribution >= 0.6 is 0 Å². The van der Waals surface area contributed by atoms with Crippen LogP contribution in [0.15, 0.2) is 18.5 Å². The van der Waals surface area contributed by atoms with Crippen molar-refractivity contribution in [2.45, 2.75) is 52.6 Å². The first-order chi connectivity index (χ1) is 8.52. The molecule has 1 aromatic heterocycles. The number of hydrogen-bond donors (Lipinski definition) is 1. The van der Waals surface area contributed by atoms with E-state index in [1.165, 1.54) is 0 Å². The van der Waals surface area contributed by atoms with E-state index in [1.807, 2.05) is 43.8 Å². The summed E-state index contributed by atoms with van der Waals surface area (Å²) in [5.41, 5.74) is 0.737. The van der Waals surface area contributed by atoms with Crippen molar-refractivity contribution in [1.82, 2.24) is 9.88 Å². The van der Waals surface area contributed by atoms with Gasteiger partial charge < -0.3 is 9.88 Å². The summed E-state index contributed by atoms with van der Waals surface area (Å²) in [6.45, 7) is 6.48. The highest BCUT2D eigenvalue weighted by molar-refractivity contribution is 5.95. The van der Waals surface area contributed by atoms with Crippen molar-refractivity contribution in [3.8, 4) is 0 Å². The van der Waals surface area contributed by atoms with Gasteiger partial charge in [-0.1, -0.05) is 6.92 Å². The quantitative estimate of drug-likeness (QED) is 0.755. The second-order valence-corrected chi connectivity index (χ2v) is 4.78. The first kappa shape index (κ1) is 14.5. The summed E-state index contributed by atoms with van der Waals surface area (Å²) in [5.74, 6) is 0.211. The van der Waals surface area contributed by atoms with Crippen molar-refractivity contribution in [2.75, 3.05) is 0 Å². The average molecular weight is 250 g/mol. The third-order valence-electron chi connectivity index (χ3n) is 2.60. The molecule has 1 amide bonds. The van der Waals surface area contributed by atoms with Gasteiger partial charge in [-0.2, -0.15) is 0 Å². The van der Waals surface area contributed by atoms with Crippen LogP contribution in [-0.4, -0.2) is 22.3 Å². The molecule has 0 aromatic carbocycles. The van der Waals surface area contributed by atoms with Crippen LogP contribution in [0.5, 0.6) is 0 Å². The van der Waals surface area contributed by atoms with Crippen molar-refractivity contribution < 1.29 is 9.59 Å². The van der Waals surface area contributed by atoms with E-state index >= 15 is 0 Å². The number of amides is 1. The second-order valence-electron chi connectivity index (χ2n) is 4.78. The van der Waals surface area contributed by atoms with Gasteiger partial charge in [-0.05, 0) is 26.3 Å². The molecule has 0 aliphatic rings. The number of ketones is 1. The summed E-state index contributed by atoms with van der Waals surface area (Å²) in [5, 5.41) is 2.84. The van der Waals surface area contributed by atoms with Gasteiger partial charge in [-0.15, -0.1) is 0 Å². The van der Waals surface area contributed by atoms with Gasteiger partial charge in [-0.25, -0.2) is 0 Å². The average Bonchev–Trinajstić information content (AvgIpc) is 2.74. The number of aromatic nitrogens is 1. The smallest absolute Gasteiger partial charge is 0.221 e. The predicted molar refractivity (Wildman–Crippen MR) is 71.6 cm³/mol. The molecule has 4 heteroatoms. The molecule has 1 aromatic rings. The Kier molecular flexibility index (Phi) is 5.62. The minimum atomic E-state index is 0.0418. The van der Waals surface area contributed by atoms with E-state index in [0.717, 1.165) is 12.0 Å². The third kappa shape index (κ3) is 4.73. The van der Waals surface area contributed by atoms with Crippen LogP contribution in [0.4, 0.5) is 0 Å². The number of hydrogen-bond acceptors (Lipinski definition) is 2. The van der Waals surface area contributed by atoms with Crippen LogP contribution in [0, 0.1) is 0 Å². The summed E-state index contributed by atoms with van der Waals surface area (Å²) in [4.78, 5) is 23.1. The summed E-state index contributed by atoms with van der Waals surface area (Å²) >= 11 is 0. The Bertz CT molecular complexity index is 408. The fourth-order valence-electron chi connectivity index (χ4n) is 1.74. The molecule has 0 aliphatic carbocycles. The van der Waals surface area contributed by atoms with Crippen LogP contribution in [-0.2, 0) is 11.3 Å². The largest absolute Gasteiger partial charge is 0.354 e. The normalized spacial score (nSPS) is 10.7. The van der Waals surface area contributed by atoms with Crippen molar-refractivity contribution in [1.29, 1.82) is 0 Å². The van der Waals surface area contributed by atoms with E-state index in [4.69, 9.17) is 0 Å². The van der Waals surface area contributed by atoms with E-state index in [2.05, 4.69) is 5.32 Å². The van der Waals surface area contributed by atoms with E-state index in [9.17, 15) is 9.59 Å². The highest BCUT2D eigenvalue weighted by Crippen LogP contribution is 2.07. The molecule has 0 saturated carbocycles. The van der Waals surface area contributed by atoms with Gasteiger partial charge in [0.2, 0.25) is 5.91 Å². The molecular formula is C14H22N2O2. The Balaban J connectivity index is 2.44. The lowest BCUT2D eigenvalue weighted by Gasteiger charge is -2.08. The van der Waals surface area contributed by atoms with Gasteiger partial charge in [0.15, 0.2) is 5.78 Å². The molecule has 4 nitrogen and oxygen atoms in total. The summed E-state index contributed by atoms with van der Waals surface area (Å²) in [7, 11) is 0. The number of nitrogens with one attached hydrogen (secondary N) is 1. The number of aryl methyl sites for hydroxylation is 1. The van der Waals surface area contributed by atoms with E-state index in [1.54, 1.807) is 0 Å². The lowest BCUT2D eigenvalue weighted by molar-refractivity contribution is -0.121. The molecule has 0 atom stereocenters. The van der Waals surface area contributed by atoms with Crippen molar-refractivity contribution in [3.63, 3.8) is 0 Å². The Labute approximate surface area is 108 Å². The van der Waals surface area contributed by atoms with Gasteiger partial charge in [0.25, 0.3) is 0 Å². The fraction of sp³-hybridized carbons (Fsp3) is 0.571. The Morgan fingerprint density at radius 1 is 1.33 bits per heavy atom. The van der Waals surface area contributed by atoms with Crippen LogP contribution in [0.25, 0.3) is 0 Å². The summed E-state index contributed by atoms with van der Waals surface area (Å²) < 4.78 is 1.89. The highest BCUT2D eigenvalue weighted by atomic mass is 16.1. The minimum absolute atomic E-state index is 0.0418. The SMILES string of the molecule is CCCC(=O)c1ccn(CCC(=O)NC(C)C)c1. The number of carbonyl (C=O) groups is 2. The molecule has 0 unspecified atom stereocenters. The predicted octanol–water partition coefficient (Wildman–Crippen LogP) is 2.39. The molecule has 0 fully saturated rings. The molecule has 0 bridgehead atoms. The van der Waals surface area contributed by atoms with Crippen LogP contribution in [0.2, 0.25) is 0 Å². The Hall–Kier alpha value is -1.58. The van der Waals surface area contributed by atoms with Gasteiger partial charge in [-0.3, -0.25) is 9.59 Å². The van der Waals surface area contributed by atoms with Crippen molar-refractivity contribution in [3.05, 3.63) is 24.0 Å². The van der Waals surface area contributed by atoms with Gasteiger partial charge in [0, 0.05) is 43.4 Å². The van der Waals surface area contributed by atoms with Crippen LogP contribution in [0.3, 0.4) is 0 Å². The molecule has 0 saturated heterocycles. The van der Waals surface area contributed by atoms with Gasteiger partial charge in [0.05, 0.1) is 0 Å². The van der Waals surface area contributed by atoms with E-state index < -0.39 is 0 Å². The van der Waals surface area contributed by atoms with Crippen LogP contribution < -0.4 is 5.32 Å². The summed E-state index contributed by atoms with van der Waals surface area (Å²) in [6, 6.07) is 1.99. The minimum Gasteiger partial charge on any atom is -0.354 e. The Morgan fingerprint density at radius 3 is 2.67 bits per heavy atom. The zero-order valence-corrected chi connectivity index (χ0v) is 11.4. The number of Topliss-reactive ketones (excluding diaryl/α,β-unsaturated/α-hetero) is 1. The molecule has 0 radical (unpaired) electrons. The monoisotopic (exact) mass is 250 g/mol. The second kappa shape index (κ2) is 6.99. The Morgan fingerprint density at radius 2 is 2.06 bits per heavy atom. The van der Waals surface area contributed by atoms with Gasteiger partial charge in [0.1, 0.15) is 0 Å². The van der Waals surface area contributed by atoms with Crippen LogP contribution in [0.1, 0.15) is 50.4 Å². The van der Waals surface area contributed by atoms with E-state index in [0.29, 0.717) is 19.4 Å². The molecule has 18 heavy (non-hydrogen) atoms. The maximum absolute atomic E-state index is 11.6. The maximum Gasteiger partial charge on any atom is 0.221 e. The standard InChI is InChI=1S/C14H22N2O2/c1-4-5-13(17)12-6-8-16(10-12)9-7-14(18)15-11(2)3/h6,8,10-11H,4-5,7,9H2,1-3H3,(H,15,18). The zero-order valence-electron chi connectivity index (χ0n) is 11.4. The molecule has 100 valence electrons. The lowest BCUT2D eigenvalue weighted by atomic mass is 10.1. The lowest BCUT2D eigenvalue weighted by Crippen LogP contribution is -2.30. The highest BCUT2D eigenvalue weighted by Gasteiger charge is 2.07. The third-order valence-corrected chi connectivity index (χ3v) is 2.60. The maximum atomic E-state index is 11.6. The molecule has 1 heterocycles. The van der Waals surface area contributed by atoms with Crippen molar-refractivity contribution in [2.24, 2.45) is 0 Å². The van der Waals surface area contributed by atoms with Crippen molar-refractivity contribution >= 4 is 11.7 Å². The topological polar surface area (TPSA) is 51.1 Å². The molecule has 1 N–H and O–H groups in total. The molecule has 1 rings (SSSR count). The summed E-state index contributed by atoms with van der Waals surface area (Å²) in [6.07, 6.45) is 5.55. The molecule has 0 aliphatic heterocycles. The zero-order chi connectivity index (χ0) is 13.5.